The molecule has 0 aliphatic heterocycles. The molecule has 112 valence electrons. The molecule has 0 bridgehead atoms. The zero-order chi connectivity index (χ0) is 15.5. The van der Waals surface area contributed by atoms with Crippen molar-refractivity contribution in [3.05, 3.63) is 42.1 Å². The van der Waals surface area contributed by atoms with Crippen LogP contribution in [0.15, 0.2) is 41.4 Å². The van der Waals surface area contributed by atoms with Crippen molar-refractivity contribution in [3.63, 3.8) is 0 Å². The molecule has 1 aromatic carbocycles. The van der Waals surface area contributed by atoms with Gasteiger partial charge in [0.25, 0.3) is 10.0 Å². The van der Waals surface area contributed by atoms with E-state index in [4.69, 9.17) is 9.47 Å². The van der Waals surface area contributed by atoms with Crippen LogP contribution >= 0.6 is 0 Å². The summed E-state index contributed by atoms with van der Waals surface area (Å²) < 4.78 is 37.7. The van der Waals surface area contributed by atoms with Crippen LogP contribution in [0.25, 0.3) is 0 Å². The van der Waals surface area contributed by atoms with E-state index < -0.39 is 10.0 Å². The van der Waals surface area contributed by atoms with Gasteiger partial charge in [-0.1, -0.05) is 6.07 Å². The fourth-order valence-electron chi connectivity index (χ4n) is 1.85. The molecule has 0 saturated carbocycles. The number of aryl methyl sites for hydroxylation is 1. The van der Waals surface area contributed by atoms with Crippen LogP contribution in [-0.2, 0) is 10.0 Å². The van der Waals surface area contributed by atoms with Crippen molar-refractivity contribution in [2.45, 2.75) is 11.8 Å². The third kappa shape index (κ3) is 3.25. The molecular formula is C14H16N2O4S. The SMILES string of the molecule is COc1cc(S(=O)(=O)Nc2ccccn2)c(OC)cc1C. The maximum Gasteiger partial charge on any atom is 0.266 e. The molecule has 0 unspecified atom stereocenters. The van der Waals surface area contributed by atoms with Crippen molar-refractivity contribution < 1.29 is 17.9 Å². The number of sulfonamides is 1. The Bertz CT molecular complexity index is 730. The number of anilines is 1. The number of pyridine rings is 1. The minimum absolute atomic E-state index is 0.00176. The molecule has 0 fully saturated rings. The van der Waals surface area contributed by atoms with E-state index in [1.807, 2.05) is 6.92 Å². The van der Waals surface area contributed by atoms with Crippen LogP contribution in [0.2, 0.25) is 0 Å². The fraction of sp³-hybridized carbons (Fsp3) is 0.214. The van der Waals surface area contributed by atoms with Crippen molar-refractivity contribution in [3.8, 4) is 11.5 Å². The number of aromatic nitrogens is 1. The highest BCUT2D eigenvalue weighted by atomic mass is 32.2. The fourth-order valence-corrected chi connectivity index (χ4v) is 3.02. The molecule has 7 heteroatoms. The molecule has 1 N–H and O–H groups in total. The Labute approximate surface area is 123 Å². The van der Waals surface area contributed by atoms with Gasteiger partial charge in [0.2, 0.25) is 0 Å². The number of rotatable bonds is 5. The van der Waals surface area contributed by atoms with E-state index >= 15 is 0 Å². The first kappa shape index (κ1) is 15.1. The molecule has 0 spiro atoms. The van der Waals surface area contributed by atoms with Crippen LogP contribution < -0.4 is 14.2 Å². The van der Waals surface area contributed by atoms with Gasteiger partial charge in [-0.3, -0.25) is 4.72 Å². The normalized spacial score (nSPS) is 11.0. The predicted octanol–water partition coefficient (Wildman–Crippen LogP) is 2.21. The number of methoxy groups -OCH3 is 2. The van der Waals surface area contributed by atoms with Gasteiger partial charge in [0.15, 0.2) is 0 Å². The van der Waals surface area contributed by atoms with Crippen molar-refractivity contribution in [2.75, 3.05) is 18.9 Å². The van der Waals surface area contributed by atoms with Crippen LogP contribution in [-0.4, -0.2) is 27.6 Å². The highest BCUT2D eigenvalue weighted by Crippen LogP contribution is 2.32. The van der Waals surface area contributed by atoms with Crippen LogP contribution in [0.1, 0.15) is 5.56 Å². The second-order valence-electron chi connectivity index (χ2n) is 4.29. The number of ether oxygens (including phenoxy) is 2. The zero-order valence-corrected chi connectivity index (χ0v) is 12.8. The summed E-state index contributed by atoms with van der Waals surface area (Å²) in [6.45, 7) is 1.81. The van der Waals surface area contributed by atoms with E-state index in [0.29, 0.717) is 5.75 Å². The summed E-state index contributed by atoms with van der Waals surface area (Å²) in [5.41, 5.74) is 0.783. The quantitative estimate of drug-likeness (QED) is 0.916. The minimum atomic E-state index is -3.82. The minimum Gasteiger partial charge on any atom is -0.496 e. The van der Waals surface area contributed by atoms with Gasteiger partial charge in [-0.25, -0.2) is 13.4 Å². The molecule has 2 rings (SSSR count). The molecule has 1 aromatic heterocycles. The molecule has 6 nitrogen and oxygen atoms in total. The molecule has 21 heavy (non-hydrogen) atoms. The summed E-state index contributed by atoms with van der Waals surface area (Å²) in [5, 5.41) is 0. The molecule has 0 aliphatic rings. The summed E-state index contributed by atoms with van der Waals surface area (Å²) >= 11 is 0. The lowest BCUT2D eigenvalue weighted by atomic mass is 10.2. The average molecular weight is 308 g/mol. The summed E-state index contributed by atoms with van der Waals surface area (Å²) in [7, 11) is -0.922. The van der Waals surface area contributed by atoms with Crippen molar-refractivity contribution >= 4 is 15.8 Å². The van der Waals surface area contributed by atoms with Gasteiger partial charge in [-0.05, 0) is 30.7 Å². The van der Waals surface area contributed by atoms with Crippen molar-refractivity contribution in [2.24, 2.45) is 0 Å². The van der Waals surface area contributed by atoms with E-state index in [2.05, 4.69) is 9.71 Å². The molecule has 1 heterocycles. The molecule has 0 radical (unpaired) electrons. The Balaban J connectivity index is 2.48. The van der Waals surface area contributed by atoms with Gasteiger partial charge in [0.1, 0.15) is 22.2 Å². The van der Waals surface area contributed by atoms with Gasteiger partial charge in [-0.15, -0.1) is 0 Å². The van der Waals surface area contributed by atoms with Crippen LogP contribution in [0.5, 0.6) is 11.5 Å². The van der Waals surface area contributed by atoms with Gasteiger partial charge < -0.3 is 9.47 Å². The first-order valence-corrected chi connectivity index (χ1v) is 7.62. The van der Waals surface area contributed by atoms with E-state index in [-0.39, 0.29) is 16.5 Å². The number of hydrogen-bond acceptors (Lipinski definition) is 5. The number of benzene rings is 1. The molecule has 2 aromatic rings. The Hall–Kier alpha value is -2.28. The maximum atomic E-state index is 12.5. The van der Waals surface area contributed by atoms with Crippen LogP contribution in [0.4, 0.5) is 5.82 Å². The second kappa shape index (κ2) is 6.01. The maximum absolute atomic E-state index is 12.5. The topological polar surface area (TPSA) is 77.5 Å². The summed E-state index contributed by atoms with van der Waals surface area (Å²) in [5.74, 6) is 0.952. The van der Waals surface area contributed by atoms with Crippen LogP contribution in [0, 0.1) is 6.92 Å². The third-order valence-corrected chi connectivity index (χ3v) is 4.25. The third-order valence-electron chi connectivity index (χ3n) is 2.87. The monoisotopic (exact) mass is 308 g/mol. The molecule has 0 aliphatic carbocycles. The first-order valence-electron chi connectivity index (χ1n) is 6.14. The van der Waals surface area contributed by atoms with E-state index in [1.165, 1.54) is 26.5 Å². The van der Waals surface area contributed by atoms with E-state index in [0.717, 1.165) is 5.56 Å². The second-order valence-corrected chi connectivity index (χ2v) is 5.94. The Morgan fingerprint density at radius 1 is 1.10 bits per heavy atom. The lowest BCUT2D eigenvalue weighted by Gasteiger charge is -2.14. The van der Waals surface area contributed by atoms with Gasteiger partial charge in [0, 0.05) is 12.3 Å². The zero-order valence-electron chi connectivity index (χ0n) is 12.0. The first-order chi connectivity index (χ1) is 9.97. The van der Waals surface area contributed by atoms with Crippen molar-refractivity contribution in [1.29, 1.82) is 0 Å². The van der Waals surface area contributed by atoms with Crippen molar-refractivity contribution in [1.82, 2.24) is 4.98 Å². The number of nitrogens with one attached hydrogen (secondary N) is 1. The molecule has 0 saturated heterocycles. The highest BCUT2D eigenvalue weighted by molar-refractivity contribution is 7.92. The molecular weight excluding hydrogens is 292 g/mol. The van der Waals surface area contributed by atoms with Crippen LogP contribution in [0.3, 0.4) is 0 Å². The molecule has 0 atom stereocenters. The number of hydrogen-bond donors (Lipinski definition) is 1. The predicted molar refractivity (Wildman–Crippen MR) is 79.3 cm³/mol. The van der Waals surface area contributed by atoms with E-state index in [9.17, 15) is 8.42 Å². The largest absolute Gasteiger partial charge is 0.496 e. The molecule has 0 amide bonds. The Morgan fingerprint density at radius 3 is 2.38 bits per heavy atom. The van der Waals surface area contributed by atoms with E-state index in [1.54, 1.807) is 24.3 Å². The van der Waals surface area contributed by atoms with Gasteiger partial charge in [-0.2, -0.15) is 0 Å². The summed E-state index contributed by atoms with van der Waals surface area (Å²) in [6.07, 6.45) is 1.50. The number of nitrogens with zero attached hydrogens (tertiary/aromatic N) is 1. The lowest BCUT2D eigenvalue weighted by molar-refractivity contribution is 0.390. The smallest absolute Gasteiger partial charge is 0.266 e. The Kier molecular flexibility index (Phi) is 4.32. The standard InChI is InChI=1S/C14H16N2O4S/c1-10-8-12(20-3)13(9-11(10)19-2)21(17,18)16-14-6-4-5-7-15-14/h4-9H,1-3H3,(H,15,16). The summed E-state index contributed by atoms with van der Waals surface area (Å²) in [6, 6.07) is 8.01. The van der Waals surface area contributed by atoms with Gasteiger partial charge in [0.05, 0.1) is 14.2 Å². The Morgan fingerprint density at radius 2 is 1.81 bits per heavy atom. The van der Waals surface area contributed by atoms with Gasteiger partial charge >= 0.3 is 0 Å². The average Bonchev–Trinajstić information content (AvgIpc) is 2.47. The lowest BCUT2D eigenvalue weighted by Crippen LogP contribution is -2.15. The summed E-state index contributed by atoms with van der Waals surface area (Å²) in [4.78, 5) is 3.94. The highest BCUT2D eigenvalue weighted by Gasteiger charge is 2.22.